The number of urea groups is 1. The van der Waals surface area contributed by atoms with Gasteiger partial charge in [-0.1, -0.05) is 41.4 Å². The van der Waals surface area contributed by atoms with Crippen molar-refractivity contribution in [3.8, 4) is 17.2 Å². The zero-order valence-corrected chi connectivity index (χ0v) is 22.9. The number of nitrogens with zero attached hydrogens (tertiary/aromatic N) is 1. The average molecular weight is 549 g/mol. The van der Waals surface area contributed by atoms with Crippen molar-refractivity contribution in [2.75, 3.05) is 11.5 Å². The summed E-state index contributed by atoms with van der Waals surface area (Å²) in [7, 11) is 0. The van der Waals surface area contributed by atoms with Crippen molar-refractivity contribution in [2.24, 2.45) is 0 Å². The zero-order chi connectivity index (χ0) is 28.1. The summed E-state index contributed by atoms with van der Waals surface area (Å²) in [4.78, 5) is 39.5. The van der Waals surface area contributed by atoms with Gasteiger partial charge in [0, 0.05) is 0 Å². The van der Waals surface area contributed by atoms with Crippen LogP contribution in [0.1, 0.15) is 37.5 Å². The third kappa shape index (κ3) is 6.59. The lowest BCUT2D eigenvalue weighted by molar-refractivity contribution is -0.122. The van der Waals surface area contributed by atoms with Crippen molar-refractivity contribution in [3.63, 3.8) is 0 Å². The first-order chi connectivity index (χ1) is 18.7. The largest absolute Gasteiger partial charge is 0.490 e. The number of hydrogen-bond acceptors (Lipinski definition) is 6. The van der Waals surface area contributed by atoms with E-state index >= 15 is 0 Å². The molecule has 0 radical (unpaired) electrons. The van der Waals surface area contributed by atoms with Crippen LogP contribution in [-0.2, 0) is 16.2 Å². The third-order valence-electron chi connectivity index (χ3n) is 5.72. The minimum atomic E-state index is -0.843. The number of barbiturate groups is 1. The minimum Gasteiger partial charge on any atom is -0.490 e. The van der Waals surface area contributed by atoms with E-state index in [2.05, 4.69) is 5.32 Å². The molecule has 0 aromatic heterocycles. The molecule has 8 nitrogen and oxygen atoms in total. The predicted octanol–water partition coefficient (Wildman–Crippen LogP) is 6.08. The Hall–Kier alpha value is -4.30. The highest BCUT2D eigenvalue weighted by Crippen LogP contribution is 2.38. The summed E-state index contributed by atoms with van der Waals surface area (Å²) in [6.45, 7) is 8.29. The lowest BCUT2D eigenvalue weighted by Gasteiger charge is -2.26. The fourth-order valence-electron chi connectivity index (χ4n) is 3.89. The summed E-state index contributed by atoms with van der Waals surface area (Å²) in [5.41, 5.74) is 2.67. The molecule has 0 saturated carbocycles. The van der Waals surface area contributed by atoms with Gasteiger partial charge in [0.05, 0.1) is 23.4 Å². The number of aryl methyl sites for hydroxylation is 1. The number of ether oxygens (including phenoxy) is 3. The number of hydrogen-bond donors (Lipinski definition) is 1. The Morgan fingerprint density at radius 1 is 0.974 bits per heavy atom. The summed E-state index contributed by atoms with van der Waals surface area (Å²) in [5, 5.41) is 2.49. The highest BCUT2D eigenvalue weighted by Gasteiger charge is 2.37. The number of imide groups is 2. The van der Waals surface area contributed by atoms with Crippen LogP contribution < -0.4 is 24.4 Å². The van der Waals surface area contributed by atoms with Gasteiger partial charge in [0.15, 0.2) is 11.5 Å². The van der Waals surface area contributed by atoms with Crippen LogP contribution in [0.15, 0.2) is 66.2 Å². The van der Waals surface area contributed by atoms with Gasteiger partial charge in [-0.05, 0) is 81.3 Å². The van der Waals surface area contributed by atoms with E-state index in [-0.39, 0.29) is 22.4 Å². The Kier molecular flexibility index (Phi) is 8.56. The van der Waals surface area contributed by atoms with Crippen LogP contribution in [-0.4, -0.2) is 30.6 Å². The topological polar surface area (TPSA) is 94.2 Å². The Labute approximate surface area is 232 Å². The van der Waals surface area contributed by atoms with E-state index in [1.54, 1.807) is 36.4 Å². The monoisotopic (exact) mass is 548 g/mol. The van der Waals surface area contributed by atoms with Crippen molar-refractivity contribution in [3.05, 3.63) is 87.9 Å². The summed E-state index contributed by atoms with van der Waals surface area (Å²) < 4.78 is 17.3. The fraction of sp³-hybridized carbons (Fsp3) is 0.233. The van der Waals surface area contributed by atoms with Crippen LogP contribution in [0.2, 0.25) is 5.02 Å². The number of anilines is 1. The Bertz CT molecular complexity index is 1410. The first-order valence-corrected chi connectivity index (χ1v) is 12.9. The molecule has 1 aliphatic rings. The molecule has 0 aliphatic carbocycles. The quantitative estimate of drug-likeness (QED) is 0.257. The number of halogens is 1. The molecule has 1 heterocycles. The Morgan fingerprint density at radius 3 is 2.31 bits per heavy atom. The van der Waals surface area contributed by atoms with Gasteiger partial charge in [-0.2, -0.15) is 0 Å². The second-order valence-corrected chi connectivity index (χ2v) is 9.56. The molecule has 3 aromatic carbocycles. The van der Waals surface area contributed by atoms with Crippen LogP contribution in [0.5, 0.6) is 17.2 Å². The first-order valence-electron chi connectivity index (χ1n) is 12.5. The van der Waals surface area contributed by atoms with Crippen LogP contribution in [0.25, 0.3) is 6.08 Å². The Morgan fingerprint density at radius 2 is 1.67 bits per heavy atom. The van der Waals surface area contributed by atoms with Gasteiger partial charge in [-0.3, -0.25) is 14.9 Å². The highest BCUT2D eigenvalue weighted by molar-refractivity contribution is 6.39. The molecule has 1 saturated heterocycles. The molecule has 9 heteroatoms. The van der Waals surface area contributed by atoms with Gasteiger partial charge in [0.2, 0.25) is 0 Å². The van der Waals surface area contributed by atoms with Crippen molar-refractivity contribution < 1.29 is 28.6 Å². The van der Waals surface area contributed by atoms with Crippen molar-refractivity contribution in [1.29, 1.82) is 0 Å². The second-order valence-electron chi connectivity index (χ2n) is 9.16. The molecule has 0 bridgehead atoms. The molecule has 202 valence electrons. The van der Waals surface area contributed by atoms with E-state index in [9.17, 15) is 14.4 Å². The molecule has 4 amide bonds. The van der Waals surface area contributed by atoms with Gasteiger partial charge >= 0.3 is 6.03 Å². The van der Waals surface area contributed by atoms with E-state index in [0.717, 1.165) is 16.0 Å². The van der Waals surface area contributed by atoms with Crippen LogP contribution in [0.3, 0.4) is 0 Å². The molecule has 39 heavy (non-hydrogen) atoms. The number of carbonyl (C=O) groups is 3. The number of carbonyl (C=O) groups excluding carboxylic acids is 3. The first kappa shape index (κ1) is 27.7. The summed E-state index contributed by atoms with van der Waals surface area (Å²) >= 11 is 6.44. The number of nitrogens with one attached hydrogen (secondary N) is 1. The van der Waals surface area contributed by atoms with Crippen molar-refractivity contribution in [1.82, 2.24) is 5.32 Å². The van der Waals surface area contributed by atoms with Crippen molar-refractivity contribution >= 4 is 41.2 Å². The zero-order valence-electron chi connectivity index (χ0n) is 22.1. The maximum Gasteiger partial charge on any atom is 0.335 e. The normalized spacial score (nSPS) is 14.6. The van der Waals surface area contributed by atoms with E-state index in [0.29, 0.717) is 36.0 Å². The lowest BCUT2D eigenvalue weighted by Crippen LogP contribution is -2.54. The molecular weight excluding hydrogens is 520 g/mol. The van der Waals surface area contributed by atoms with E-state index < -0.39 is 17.8 Å². The van der Waals surface area contributed by atoms with Gasteiger partial charge in [0.1, 0.15) is 17.9 Å². The summed E-state index contributed by atoms with van der Waals surface area (Å²) in [5.74, 6) is -0.262. The maximum absolute atomic E-state index is 13.3. The molecule has 0 spiro atoms. The smallest absolute Gasteiger partial charge is 0.335 e. The third-order valence-corrected chi connectivity index (χ3v) is 6.00. The standard InChI is InChI=1S/C30H29ClN2O6/c1-5-37-26-16-21(15-25(31)27(26)39-18(2)3)14-24-28(34)32-30(36)33(29(24)35)22-10-12-23(13-11-22)38-17-20-8-6-19(4)7-9-20/h6-16,18H,5,17H2,1-4H3,(H,32,34,36)/b24-14+. The second kappa shape index (κ2) is 12.0. The molecule has 3 aromatic rings. The van der Waals surface area contributed by atoms with Crippen molar-refractivity contribution in [2.45, 2.75) is 40.4 Å². The van der Waals surface area contributed by atoms with Gasteiger partial charge in [-0.25, -0.2) is 9.69 Å². The minimum absolute atomic E-state index is 0.143. The van der Waals surface area contributed by atoms with E-state index in [1.807, 2.05) is 52.0 Å². The average Bonchev–Trinajstić information content (AvgIpc) is 2.89. The van der Waals surface area contributed by atoms with Gasteiger partial charge in [-0.15, -0.1) is 0 Å². The molecule has 0 unspecified atom stereocenters. The number of benzene rings is 3. The van der Waals surface area contributed by atoms with E-state index in [1.165, 1.54) is 6.08 Å². The van der Waals surface area contributed by atoms with Gasteiger partial charge in [0.25, 0.3) is 11.8 Å². The molecule has 4 rings (SSSR count). The molecule has 0 atom stereocenters. The van der Waals surface area contributed by atoms with Gasteiger partial charge < -0.3 is 14.2 Å². The summed E-state index contributed by atoms with van der Waals surface area (Å²) in [6, 6.07) is 16.8. The SMILES string of the molecule is CCOc1cc(/C=C2\C(=O)NC(=O)N(c3ccc(OCc4ccc(C)cc4)cc3)C2=O)cc(Cl)c1OC(C)C. The lowest BCUT2D eigenvalue weighted by atomic mass is 10.1. The molecule has 1 fully saturated rings. The molecule has 1 N–H and O–H groups in total. The van der Waals surface area contributed by atoms with Crippen LogP contribution in [0.4, 0.5) is 10.5 Å². The van der Waals surface area contributed by atoms with E-state index in [4.69, 9.17) is 25.8 Å². The van der Waals surface area contributed by atoms with Crippen LogP contribution >= 0.6 is 11.6 Å². The predicted molar refractivity (Wildman–Crippen MR) is 149 cm³/mol. The van der Waals surface area contributed by atoms with Crippen LogP contribution in [0, 0.1) is 6.92 Å². The number of amides is 4. The molecular formula is C30H29ClN2O6. The fourth-order valence-corrected chi connectivity index (χ4v) is 4.15. The Balaban J connectivity index is 1.57. The maximum atomic E-state index is 13.3. The summed E-state index contributed by atoms with van der Waals surface area (Å²) in [6.07, 6.45) is 1.22. The highest BCUT2D eigenvalue weighted by atomic mass is 35.5. The number of rotatable bonds is 9. The molecule has 1 aliphatic heterocycles.